The van der Waals surface area contributed by atoms with Gasteiger partial charge in [-0.25, -0.2) is 9.97 Å². The van der Waals surface area contributed by atoms with E-state index in [9.17, 15) is 0 Å². The Hall–Kier alpha value is -3.56. The highest BCUT2D eigenvalue weighted by Gasteiger charge is 2.28. The molecule has 0 N–H and O–H groups in total. The van der Waals surface area contributed by atoms with Crippen LogP contribution in [0.3, 0.4) is 0 Å². The van der Waals surface area contributed by atoms with Crippen molar-refractivity contribution < 1.29 is 0 Å². The first kappa shape index (κ1) is 27.0. The lowest BCUT2D eigenvalue weighted by Crippen LogP contribution is -2.27. The van der Waals surface area contributed by atoms with Crippen LogP contribution in [0.25, 0.3) is 41.6 Å². The second-order valence-electron chi connectivity index (χ2n) is 10.4. The van der Waals surface area contributed by atoms with Crippen LogP contribution in [0.1, 0.15) is 13.8 Å². The molecule has 43 heavy (non-hydrogen) atoms. The highest BCUT2D eigenvalue weighted by Crippen LogP contribution is 2.49. The lowest BCUT2D eigenvalue weighted by Gasteiger charge is -2.22. The molecular formula is C35H28N4S4. The fourth-order valence-electron chi connectivity index (χ4n) is 5.71. The van der Waals surface area contributed by atoms with Crippen molar-refractivity contribution in [2.45, 2.75) is 29.0 Å². The van der Waals surface area contributed by atoms with E-state index in [2.05, 4.69) is 127 Å². The van der Waals surface area contributed by atoms with Gasteiger partial charge in [0.15, 0.2) is 0 Å². The molecule has 6 aromatic rings. The van der Waals surface area contributed by atoms with Gasteiger partial charge in [0, 0.05) is 34.0 Å². The Bertz CT molecular complexity index is 1990. The molecule has 8 rings (SSSR count). The number of benzene rings is 4. The summed E-state index contributed by atoms with van der Waals surface area (Å²) >= 11 is 7.29. The lowest BCUT2D eigenvalue weighted by atomic mass is 10.2. The molecule has 8 heteroatoms. The zero-order valence-electron chi connectivity index (χ0n) is 23.7. The third kappa shape index (κ3) is 4.86. The predicted octanol–water partition coefficient (Wildman–Crippen LogP) is 10.5. The van der Waals surface area contributed by atoms with Crippen molar-refractivity contribution in [1.29, 1.82) is 0 Å². The minimum absolute atomic E-state index is 0.261. The summed E-state index contributed by atoms with van der Waals surface area (Å²) in [5, 5.41) is 3.68. The van der Waals surface area contributed by atoms with Crippen LogP contribution in [0.4, 0.5) is 11.4 Å². The van der Waals surface area contributed by atoms with Crippen molar-refractivity contribution >= 4 is 78.0 Å². The zero-order chi connectivity index (χ0) is 28.9. The number of anilines is 2. The third-order valence-corrected chi connectivity index (χ3v) is 12.4. The van der Waals surface area contributed by atoms with Crippen molar-refractivity contribution in [2.75, 3.05) is 22.9 Å². The van der Waals surface area contributed by atoms with Crippen molar-refractivity contribution in [3.63, 3.8) is 0 Å². The number of para-hydroxylation sites is 2. The molecule has 2 aromatic heterocycles. The van der Waals surface area contributed by atoms with E-state index in [1.807, 2.05) is 23.5 Å². The number of rotatable bonds is 6. The number of aromatic nitrogens is 2. The second kappa shape index (κ2) is 11.2. The molecule has 0 fully saturated rings. The molecule has 4 aromatic carbocycles. The quantitative estimate of drug-likeness (QED) is 0.182. The molecule has 0 amide bonds. The van der Waals surface area contributed by atoms with Crippen LogP contribution in [0.15, 0.2) is 118 Å². The summed E-state index contributed by atoms with van der Waals surface area (Å²) in [5.74, 6) is 0. The fraction of sp³-hybridized carbons (Fsp3) is 0.143. The van der Waals surface area contributed by atoms with E-state index in [-0.39, 0.29) is 5.37 Å². The van der Waals surface area contributed by atoms with Gasteiger partial charge >= 0.3 is 0 Å². The van der Waals surface area contributed by atoms with Crippen LogP contribution in [-0.2, 0) is 0 Å². The van der Waals surface area contributed by atoms with Crippen LogP contribution in [0.5, 0.6) is 0 Å². The van der Waals surface area contributed by atoms with E-state index in [1.54, 1.807) is 22.7 Å². The molecule has 1 atom stereocenters. The SMILES string of the molecule is CCN1/C(=C\C=C\C2Sc3ccc(-c4nc5ccccc5s4)cc3N2CC)Sc2ccc(-c3nc4ccccc4s3)cc21. The Morgan fingerprint density at radius 2 is 1.35 bits per heavy atom. The molecule has 4 nitrogen and oxygen atoms in total. The first-order valence-corrected chi connectivity index (χ1v) is 17.8. The maximum Gasteiger partial charge on any atom is 0.124 e. The summed E-state index contributed by atoms with van der Waals surface area (Å²) in [5.41, 5.74) is 7.07. The number of hydrogen-bond donors (Lipinski definition) is 0. The normalized spacial score (nSPS) is 17.2. The molecule has 2 aliphatic rings. The number of allylic oxidation sites excluding steroid dienone is 2. The standard InChI is InChI=1S/C35H28N4S4/c1-3-38-26-20-22(34-36-24-10-5-7-12-28(24)42-34)16-18-30(26)40-32(38)14-9-15-33-39(4-2)27-21-23(17-19-31(27)41-33)35-37-25-11-6-8-13-29(25)43-35/h5-21,32H,3-4H2,1-2H3/b14-9+,33-15+. The molecule has 0 saturated heterocycles. The molecule has 4 heterocycles. The van der Waals surface area contributed by atoms with Gasteiger partial charge in [-0.05, 0) is 68.5 Å². The van der Waals surface area contributed by atoms with Crippen LogP contribution in [0.2, 0.25) is 0 Å². The van der Waals surface area contributed by atoms with Gasteiger partial charge in [-0.2, -0.15) is 0 Å². The molecule has 2 aliphatic heterocycles. The number of nitrogens with zero attached hydrogens (tertiary/aromatic N) is 4. The average molecular weight is 633 g/mol. The summed E-state index contributed by atoms with van der Waals surface area (Å²) < 4.78 is 2.46. The Morgan fingerprint density at radius 1 is 0.721 bits per heavy atom. The first-order valence-electron chi connectivity index (χ1n) is 14.5. The molecule has 0 spiro atoms. The van der Waals surface area contributed by atoms with Gasteiger partial charge in [-0.1, -0.05) is 72.1 Å². The molecule has 0 radical (unpaired) electrons. The van der Waals surface area contributed by atoms with Crippen molar-refractivity contribution in [2.24, 2.45) is 0 Å². The number of hydrogen-bond acceptors (Lipinski definition) is 8. The van der Waals surface area contributed by atoms with Gasteiger partial charge in [-0.3, -0.25) is 0 Å². The highest BCUT2D eigenvalue weighted by atomic mass is 32.2. The van der Waals surface area contributed by atoms with E-state index in [4.69, 9.17) is 9.97 Å². The second-order valence-corrected chi connectivity index (χ2v) is 14.7. The molecular weight excluding hydrogens is 605 g/mol. The Morgan fingerprint density at radius 3 is 1.98 bits per heavy atom. The molecule has 0 saturated carbocycles. The summed E-state index contributed by atoms with van der Waals surface area (Å²) in [6.45, 7) is 6.33. The summed E-state index contributed by atoms with van der Waals surface area (Å²) in [6.07, 6.45) is 6.85. The van der Waals surface area contributed by atoms with Crippen molar-refractivity contribution in [1.82, 2.24) is 9.97 Å². The lowest BCUT2D eigenvalue weighted by molar-refractivity contribution is 0.878. The smallest absolute Gasteiger partial charge is 0.124 e. The van der Waals surface area contributed by atoms with E-state index >= 15 is 0 Å². The summed E-state index contributed by atoms with van der Waals surface area (Å²) in [4.78, 5) is 17.3. The first-order chi connectivity index (χ1) is 21.2. The number of thioether (sulfide) groups is 2. The molecule has 0 aliphatic carbocycles. The van der Waals surface area contributed by atoms with Crippen LogP contribution in [0, 0.1) is 0 Å². The fourth-order valence-corrected chi connectivity index (χ4v) is 10.0. The molecule has 0 bridgehead atoms. The average Bonchev–Trinajstić information content (AvgIpc) is 3.81. The van der Waals surface area contributed by atoms with Crippen LogP contribution < -0.4 is 9.80 Å². The summed E-state index contributed by atoms with van der Waals surface area (Å²) in [7, 11) is 0. The number of fused-ring (bicyclic) bond motifs is 4. The maximum atomic E-state index is 4.90. The third-order valence-electron chi connectivity index (χ3n) is 7.81. The minimum Gasteiger partial charge on any atom is -0.355 e. The van der Waals surface area contributed by atoms with Crippen molar-refractivity contribution in [3.8, 4) is 21.1 Å². The van der Waals surface area contributed by atoms with Gasteiger partial charge in [0.25, 0.3) is 0 Å². The van der Waals surface area contributed by atoms with Gasteiger partial charge < -0.3 is 9.80 Å². The van der Waals surface area contributed by atoms with Gasteiger partial charge in [0.05, 0.1) is 42.2 Å². The van der Waals surface area contributed by atoms with Gasteiger partial charge in [0.2, 0.25) is 0 Å². The maximum absolute atomic E-state index is 4.90. The zero-order valence-corrected chi connectivity index (χ0v) is 27.0. The van der Waals surface area contributed by atoms with E-state index in [1.165, 1.54) is 46.7 Å². The minimum atomic E-state index is 0.261. The van der Waals surface area contributed by atoms with Crippen LogP contribution in [-0.4, -0.2) is 28.4 Å². The predicted molar refractivity (Wildman–Crippen MR) is 189 cm³/mol. The van der Waals surface area contributed by atoms with Crippen molar-refractivity contribution in [3.05, 3.63) is 108 Å². The Kier molecular flexibility index (Phi) is 7.02. The largest absolute Gasteiger partial charge is 0.355 e. The van der Waals surface area contributed by atoms with Gasteiger partial charge in [-0.15, -0.1) is 22.7 Å². The van der Waals surface area contributed by atoms with Gasteiger partial charge in [0.1, 0.15) is 10.0 Å². The van der Waals surface area contributed by atoms with Crippen LogP contribution >= 0.6 is 46.2 Å². The molecule has 1 unspecified atom stereocenters. The Labute approximate surface area is 267 Å². The monoisotopic (exact) mass is 632 g/mol. The topological polar surface area (TPSA) is 32.3 Å². The molecule has 212 valence electrons. The number of likely N-dealkylation sites (N-methyl/N-ethyl adjacent to an activating group) is 1. The van der Waals surface area contributed by atoms with E-state index < -0.39 is 0 Å². The Balaban J connectivity index is 1.02. The number of thiazole rings is 2. The van der Waals surface area contributed by atoms with E-state index in [0.29, 0.717) is 0 Å². The summed E-state index contributed by atoms with van der Waals surface area (Å²) in [6, 6.07) is 30.3. The highest BCUT2D eigenvalue weighted by molar-refractivity contribution is 8.03. The van der Waals surface area contributed by atoms with E-state index in [0.717, 1.165) is 34.1 Å².